The van der Waals surface area contributed by atoms with Gasteiger partial charge in [-0.1, -0.05) is 30.3 Å². The molecule has 0 saturated heterocycles. The van der Waals surface area contributed by atoms with Gasteiger partial charge >= 0.3 is 11.8 Å². The molecule has 3 amide bonds. The highest BCUT2D eigenvalue weighted by atomic mass is 16.2. The van der Waals surface area contributed by atoms with Crippen LogP contribution in [0, 0.1) is 0 Å². The van der Waals surface area contributed by atoms with Crippen LogP contribution in [0.3, 0.4) is 0 Å². The van der Waals surface area contributed by atoms with Crippen molar-refractivity contribution in [3.8, 4) is 0 Å². The Balaban J connectivity index is 1.81. The summed E-state index contributed by atoms with van der Waals surface area (Å²) in [5, 5.41) is 6.11. The van der Waals surface area contributed by atoms with E-state index in [-0.39, 0.29) is 0 Å². The highest BCUT2D eigenvalue weighted by Gasteiger charge is 2.12. The maximum absolute atomic E-state index is 11.7. The van der Waals surface area contributed by atoms with E-state index >= 15 is 0 Å². The molecule has 0 heterocycles. The smallest absolute Gasteiger partial charge is 0.329 e. The third-order valence-electron chi connectivity index (χ3n) is 3.06. The summed E-state index contributed by atoms with van der Waals surface area (Å²) < 4.78 is 0. The number of carbonyl (C=O) groups excluding carboxylic acids is 3. The maximum atomic E-state index is 11.7. The van der Waals surface area contributed by atoms with Gasteiger partial charge < -0.3 is 11.1 Å². The van der Waals surface area contributed by atoms with Crippen molar-refractivity contribution < 1.29 is 14.4 Å². The Morgan fingerprint density at radius 1 is 0.958 bits per heavy atom. The summed E-state index contributed by atoms with van der Waals surface area (Å²) in [5.41, 5.74) is 8.98. The molecular weight excluding hydrogens is 308 g/mol. The third-order valence-corrected chi connectivity index (χ3v) is 3.06. The number of hydrazone groups is 1. The highest BCUT2D eigenvalue weighted by Crippen LogP contribution is 2.08. The second-order valence-corrected chi connectivity index (χ2v) is 4.84. The molecule has 0 atom stereocenters. The van der Waals surface area contributed by atoms with Crippen LogP contribution in [0.2, 0.25) is 0 Å². The number of hydrogen-bond acceptors (Lipinski definition) is 4. The van der Waals surface area contributed by atoms with E-state index in [4.69, 9.17) is 5.73 Å². The number of hydrogen-bond donors (Lipinski definition) is 3. The van der Waals surface area contributed by atoms with E-state index in [1.54, 1.807) is 0 Å². The summed E-state index contributed by atoms with van der Waals surface area (Å²) >= 11 is 0. The normalized spacial score (nSPS) is 10.3. The van der Waals surface area contributed by atoms with Crippen molar-refractivity contribution in [1.29, 1.82) is 0 Å². The van der Waals surface area contributed by atoms with E-state index < -0.39 is 17.7 Å². The Bertz CT molecular complexity index is 755. The topological polar surface area (TPSA) is 114 Å². The number of nitrogens with two attached hydrogens (primary N) is 1. The first-order valence-corrected chi connectivity index (χ1v) is 7.13. The Hall–Kier alpha value is -3.48. The summed E-state index contributed by atoms with van der Waals surface area (Å²) in [5.74, 6) is -2.32. The molecule has 2 aromatic carbocycles. The summed E-state index contributed by atoms with van der Waals surface area (Å²) in [6.07, 6.45) is 2.04. The fourth-order valence-electron chi connectivity index (χ4n) is 1.83. The number of anilines is 1. The van der Waals surface area contributed by atoms with Gasteiger partial charge in [-0.15, -0.1) is 0 Å². The van der Waals surface area contributed by atoms with E-state index in [1.165, 1.54) is 30.5 Å². The van der Waals surface area contributed by atoms with Gasteiger partial charge in [0, 0.05) is 23.9 Å². The number of nitrogens with zero attached hydrogens (tertiary/aromatic N) is 1. The molecule has 4 N–H and O–H groups in total. The molecule has 2 rings (SSSR count). The van der Waals surface area contributed by atoms with Crippen molar-refractivity contribution in [2.24, 2.45) is 10.8 Å². The van der Waals surface area contributed by atoms with Gasteiger partial charge in [-0.2, -0.15) is 5.10 Å². The first-order valence-electron chi connectivity index (χ1n) is 7.13. The Labute approximate surface area is 138 Å². The number of rotatable bonds is 5. The molecule has 0 bridgehead atoms. The average Bonchev–Trinajstić information content (AvgIpc) is 2.60. The van der Waals surface area contributed by atoms with Gasteiger partial charge in [0.1, 0.15) is 0 Å². The monoisotopic (exact) mass is 324 g/mol. The molecule has 0 aliphatic rings. The fraction of sp³-hybridized carbons (Fsp3) is 0.0588. The van der Waals surface area contributed by atoms with Crippen molar-refractivity contribution in [2.75, 3.05) is 5.32 Å². The van der Waals surface area contributed by atoms with Gasteiger partial charge in [-0.25, -0.2) is 5.43 Å². The van der Waals surface area contributed by atoms with Crippen LogP contribution >= 0.6 is 0 Å². The Morgan fingerprint density at radius 3 is 2.25 bits per heavy atom. The molecule has 0 radical (unpaired) electrons. The molecule has 0 unspecified atom stereocenters. The van der Waals surface area contributed by atoms with Crippen molar-refractivity contribution in [3.05, 3.63) is 65.7 Å². The van der Waals surface area contributed by atoms with Crippen molar-refractivity contribution in [1.82, 2.24) is 5.43 Å². The van der Waals surface area contributed by atoms with Crippen LogP contribution in [0.1, 0.15) is 15.9 Å². The minimum Gasteiger partial charge on any atom is -0.366 e. The predicted molar refractivity (Wildman–Crippen MR) is 90.4 cm³/mol. The minimum absolute atomic E-state index is 0.308. The molecule has 0 fully saturated rings. The van der Waals surface area contributed by atoms with Crippen molar-refractivity contribution >= 4 is 29.6 Å². The first-order chi connectivity index (χ1) is 11.6. The zero-order valence-corrected chi connectivity index (χ0v) is 12.7. The quantitative estimate of drug-likeness (QED) is 0.434. The molecule has 24 heavy (non-hydrogen) atoms. The summed E-state index contributed by atoms with van der Waals surface area (Å²) in [6.45, 7) is 0. The highest BCUT2D eigenvalue weighted by molar-refractivity contribution is 6.39. The van der Waals surface area contributed by atoms with Crippen LogP contribution < -0.4 is 16.5 Å². The van der Waals surface area contributed by atoms with Crippen LogP contribution in [0.5, 0.6) is 0 Å². The minimum atomic E-state index is -0.890. The average molecular weight is 324 g/mol. The molecule has 122 valence electrons. The molecule has 7 heteroatoms. The van der Waals surface area contributed by atoms with Crippen LogP contribution in [0.25, 0.3) is 0 Å². The van der Waals surface area contributed by atoms with Crippen LogP contribution in [-0.2, 0) is 16.0 Å². The van der Waals surface area contributed by atoms with Gasteiger partial charge in [0.05, 0.1) is 0 Å². The van der Waals surface area contributed by atoms with Gasteiger partial charge in [-0.05, 0) is 29.8 Å². The summed E-state index contributed by atoms with van der Waals surface area (Å²) in [7, 11) is 0. The molecular formula is C17H16N4O3. The first kappa shape index (κ1) is 16.9. The lowest BCUT2D eigenvalue weighted by Crippen LogP contribution is -2.32. The zero-order valence-electron chi connectivity index (χ0n) is 12.7. The van der Waals surface area contributed by atoms with Crippen LogP contribution in [-0.4, -0.2) is 23.9 Å². The Kier molecular flexibility index (Phi) is 5.79. The second kappa shape index (κ2) is 8.23. The van der Waals surface area contributed by atoms with Crippen LogP contribution in [0.15, 0.2) is 59.7 Å². The largest absolute Gasteiger partial charge is 0.366 e. The van der Waals surface area contributed by atoms with E-state index in [0.717, 1.165) is 5.56 Å². The Morgan fingerprint density at radius 2 is 1.62 bits per heavy atom. The molecule has 0 spiro atoms. The number of benzene rings is 2. The molecule has 0 aromatic heterocycles. The van der Waals surface area contributed by atoms with E-state index in [2.05, 4.69) is 15.8 Å². The SMILES string of the molecule is NC(=O)c1ccc(NC(=O)C(=O)N/N=C/Cc2ccccc2)cc1. The molecule has 0 aliphatic carbocycles. The van der Waals surface area contributed by atoms with Crippen molar-refractivity contribution in [3.63, 3.8) is 0 Å². The molecule has 2 aromatic rings. The second-order valence-electron chi connectivity index (χ2n) is 4.84. The van der Waals surface area contributed by atoms with Gasteiger partial charge in [-0.3, -0.25) is 14.4 Å². The fourth-order valence-corrected chi connectivity index (χ4v) is 1.83. The molecule has 7 nitrogen and oxygen atoms in total. The van der Waals surface area contributed by atoms with Crippen LogP contribution in [0.4, 0.5) is 5.69 Å². The van der Waals surface area contributed by atoms with Gasteiger partial charge in [0.25, 0.3) is 0 Å². The van der Waals surface area contributed by atoms with Crippen molar-refractivity contribution in [2.45, 2.75) is 6.42 Å². The molecule has 0 aliphatic heterocycles. The maximum Gasteiger partial charge on any atom is 0.329 e. The number of carbonyl (C=O) groups is 3. The lowest BCUT2D eigenvalue weighted by atomic mass is 10.2. The third kappa shape index (κ3) is 5.06. The molecule has 0 saturated carbocycles. The number of primary amides is 1. The lowest BCUT2D eigenvalue weighted by molar-refractivity contribution is -0.136. The van der Waals surface area contributed by atoms with E-state index in [0.29, 0.717) is 17.7 Å². The number of nitrogens with one attached hydrogen (secondary N) is 2. The lowest BCUT2D eigenvalue weighted by Gasteiger charge is -2.04. The zero-order chi connectivity index (χ0) is 17.4. The van der Waals surface area contributed by atoms with E-state index in [1.807, 2.05) is 30.3 Å². The summed E-state index contributed by atoms with van der Waals surface area (Å²) in [4.78, 5) is 34.3. The van der Waals surface area contributed by atoms with Gasteiger partial charge in [0.2, 0.25) is 5.91 Å². The predicted octanol–water partition coefficient (Wildman–Crippen LogP) is 1.07. The van der Waals surface area contributed by atoms with Gasteiger partial charge in [0.15, 0.2) is 0 Å². The van der Waals surface area contributed by atoms with E-state index in [9.17, 15) is 14.4 Å². The standard InChI is InChI=1S/C17H16N4O3/c18-15(22)13-6-8-14(9-7-13)20-16(23)17(24)21-19-11-10-12-4-2-1-3-5-12/h1-9,11H,10H2,(H2,18,22)(H,20,23)(H,21,24)/b19-11+. The summed E-state index contributed by atoms with van der Waals surface area (Å²) in [6, 6.07) is 15.4. The number of amides is 3.